The molecule has 0 spiro atoms. The van der Waals surface area contributed by atoms with Crippen LogP contribution in [0, 0.1) is 5.92 Å². The highest BCUT2D eigenvalue weighted by atomic mass is 19.4. The topological polar surface area (TPSA) is 26.0 Å². The average molecular weight is 167 g/mol. The number of alkyl halides is 3. The molecule has 4 heteroatoms. The van der Waals surface area contributed by atoms with E-state index in [1.807, 2.05) is 0 Å². The Labute approximate surface area is 63.8 Å². The number of rotatable bonds is 0. The van der Waals surface area contributed by atoms with Crippen molar-refractivity contribution in [3.63, 3.8) is 0 Å². The fourth-order valence-corrected chi connectivity index (χ4v) is 1.57. The van der Waals surface area contributed by atoms with E-state index in [1.165, 1.54) is 0 Å². The molecule has 0 unspecified atom stereocenters. The summed E-state index contributed by atoms with van der Waals surface area (Å²) in [5.74, 6) is -1.25. The molecule has 1 aliphatic rings. The fourth-order valence-electron chi connectivity index (χ4n) is 1.57. The normalized spacial score (nSPS) is 33.8. The molecule has 2 atom stereocenters. The third-order valence-electron chi connectivity index (χ3n) is 2.24. The second-order valence-electron chi connectivity index (χ2n) is 3.10. The second-order valence-corrected chi connectivity index (χ2v) is 3.10. The Morgan fingerprint density at radius 2 is 1.64 bits per heavy atom. The minimum Gasteiger partial charge on any atom is -0.327 e. The van der Waals surface area contributed by atoms with Crippen molar-refractivity contribution in [2.75, 3.05) is 0 Å². The van der Waals surface area contributed by atoms with Gasteiger partial charge in [-0.25, -0.2) is 0 Å². The van der Waals surface area contributed by atoms with Crippen molar-refractivity contribution in [3.8, 4) is 0 Å². The van der Waals surface area contributed by atoms with Crippen molar-refractivity contribution in [2.45, 2.75) is 37.9 Å². The molecule has 0 aromatic carbocycles. The lowest BCUT2D eigenvalue weighted by atomic mass is 9.85. The highest BCUT2D eigenvalue weighted by molar-refractivity contribution is 4.82. The van der Waals surface area contributed by atoms with Crippen molar-refractivity contribution in [3.05, 3.63) is 0 Å². The molecule has 1 nitrogen and oxygen atoms in total. The molecule has 1 rings (SSSR count). The number of hydrogen-bond donors (Lipinski definition) is 1. The zero-order valence-electron chi connectivity index (χ0n) is 6.19. The van der Waals surface area contributed by atoms with Gasteiger partial charge in [0, 0.05) is 6.04 Å². The lowest BCUT2D eigenvalue weighted by Gasteiger charge is -2.29. The quantitative estimate of drug-likeness (QED) is 0.587. The average Bonchev–Trinajstić information content (AvgIpc) is 1.86. The van der Waals surface area contributed by atoms with Crippen LogP contribution in [0.3, 0.4) is 0 Å². The summed E-state index contributed by atoms with van der Waals surface area (Å²) in [6.45, 7) is 0. The fraction of sp³-hybridized carbons (Fsp3) is 1.00. The number of nitrogens with two attached hydrogens (primary N) is 1. The Morgan fingerprint density at radius 3 is 2.00 bits per heavy atom. The zero-order valence-corrected chi connectivity index (χ0v) is 6.19. The Morgan fingerprint density at radius 1 is 1.09 bits per heavy atom. The van der Waals surface area contributed by atoms with Gasteiger partial charge in [0.05, 0.1) is 5.92 Å². The first-order valence-corrected chi connectivity index (χ1v) is 3.84. The maximum atomic E-state index is 12.1. The first-order valence-electron chi connectivity index (χ1n) is 3.84. The Balaban J connectivity index is 2.55. The summed E-state index contributed by atoms with van der Waals surface area (Å²) in [6, 6.07) is -0.663. The van der Waals surface area contributed by atoms with Crippen molar-refractivity contribution in [1.82, 2.24) is 0 Å². The predicted octanol–water partition coefficient (Wildman–Crippen LogP) is 2.07. The molecular weight excluding hydrogens is 155 g/mol. The smallest absolute Gasteiger partial charge is 0.327 e. The molecule has 0 radical (unpaired) electrons. The van der Waals surface area contributed by atoms with Crippen LogP contribution in [-0.4, -0.2) is 12.2 Å². The van der Waals surface area contributed by atoms with Crippen molar-refractivity contribution in [1.29, 1.82) is 0 Å². The van der Waals surface area contributed by atoms with Crippen LogP contribution in [0.15, 0.2) is 0 Å². The van der Waals surface area contributed by atoms with E-state index in [-0.39, 0.29) is 6.42 Å². The molecule has 1 fully saturated rings. The van der Waals surface area contributed by atoms with Crippen LogP contribution >= 0.6 is 0 Å². The molecule has 0 aromatic heterocycles. The van der Waals surface area contributed by atoms with Gasteiger partial charge in [0.1, 0.15) is 0 Å². The SMILES string of the molecule is N[C@H]1CCCC[C@H]1C(F)(F)F. The molecule has 1 aliphatic carbocycles. The number of hydrogen-bond acceptors (Lipinski definition) is 1. The van der Waals surface area contributed by atoms with Crippen molar-refractivity contribution < 1.29 is 13.2 Å². The minimum atomic E-state index is -4.08. The van der Waals surface area contributed by atoms with E-state index < -0.39 is 18.1 Å². The van der Waals surface area contributed by atoms with Crippen LogP contribution in [0.1, 0.15) is 25.7 Å². The summed E-state index contributed by atoms with van der Waals surface area (Å²) < 4.78 is 36.3. The molecular formula is C7H12F3N. The monoisotopic (exact) mass is 167 g/mol. The highest BCUT2D eigenvalue weighted by Gasteiger charge is 2.43. The minimum absolute atomic E-state index is 0.213. The largest absolute Gasteiger partial charge is 0.393 e. The van der Waals surface area contributed by atoms with E-state index in [0.29, 0.717) is 12.8 Å². The lowest BCUT2D eigenvalue weighted by Crippen LogP contribution is -2.41. The van der Waals surface area contributed by atoms with Gasteiger partial charge in [-0.1, -0.05) is 12.8 Å². The van der Waals surface area contributed by atoms with Gasteiger partial charge in [-0.2, -0.15) is 13.2 Å². The molecule has 0 aromatic rings. The van der Waals surface area contributed by atoms with Crippen molar-refractivity contribution >= 4 is 0 Å². The van der Waals surface area contributed by atoms with E-state index in [2.05, 4.69) is 0 Å². The van der Waals surface area contributed by atoms with Crippen LogP contribution in [0.25, 0.3) is 0 Å². The molecule has 0 amide bonds. The summed E-state index contributed by atoms with van der Waals surface area (Å²) in [7, 11) is 0. The van der Waals surface area contributed by atoms with Gasteiger partial charge >= 0.3 is 6.18 Å². The van der Waals surface area contributed by atoms with E-state index in [1.54, 1.807) is 0 Å². The lowest BCUT2D eigenvalue weighted by molar-refractivity contribution is -0.186. The molecule has 0 heterocycles. The summed E-state index contributed by atoms with van der Waals surface area (Å²) in [5, 5.41) is 0. The first kappa shape index (κ1) is 8.84. The standard InChI is InChI=1S/C7H12F3N/c8-7(9,10)5-3-1-2-4-6(5)11/h5-6H,1-4,11H2/t5-,6+/m1/s1. The summed E-state index contributed by atoms with van der Waals surface area (Å²) >= 11 is 0. The third kappa shape index (κ3) is 2.09. The summed E-state index contributed by atoms with van der Waals surface area (Å²) in [6.07, 6.45) is -1.85. The van der Waals surface area contributed by atoms with Gasteiger partial charge in [-0.3, -0.25) is 0 Å². The zero-order chi connectivity index (χ0) is 8.48. The molecule has 0 aliphatic heterocycles. The maximum Gasteiger partial charge on any atom is 0.393 e. The maximum absolute atomic E-state index is 12.1. The van der Waals surface area contributed by atoms with Gasteiger partial charge in [-0.15, -0.1) is 0 Å². The number of halogens is 3. The van der Waals surface area contributed by atoms with E-state index >= 15 is 0 Å². The second kappa shape index (κ2) is 3.01. The Kier molecular flexibility index (Phi) is 2.42. The van der Waals surface area contributed by atoms with Crippen LogP contribution in [-0.2, 0) is 0 Å². The molecule has 0 saturated heterocycles. The summed E-state index contributed by atoms with van der Waals surface area (Å²) in [4.78, 5) is 0. The first-order chi connectivity index (χ1) is 5.02. The Bertz CT molecular complexity index is 132. The van der Waals surface area contributed by atoms with Crippen LogP contribution < -0.4 is 5.73 Å². The van der Waals surface area contributed by atoms with Crippen molar-refractivity contribution in [2.24, 2.45) is 11.7 Å². The van der Waals surface area contributed by atoms with E-state index in [4.69, 9.17) is 5.73 Å². The van der Waals surface area contributed by atoms with Gasteiger partial charge < -0.3 is 5.73 Å². The molecule has 11 heavy (non-hydrogen) atoms. The predicted molar refractivity (Wildman–Crippen MR) is 36.0 cm³/mol. The van der Waals surface area contributed by atoms with Gasteiger partial charge in [0.2, 0.25) is 0 Å². The van der Waals surface area contributed by atoms with Crippen LogP contribution in [0.4, 0.5) is 13.2 Å². The third-order valence-corrected chi connectivity index (χ3v) is 2.24. The molecule has 2 N–H and O–H groups in total. The van der Waals surface area contributed by atoms with E-state index in [9.17, 15) is 13.2 Å². The molecule has 1 saturated carbocycles. The van der Waals surface area contributed by atoms with Gasteiger partial charge in [-0.05, 0) is 12.8 Å². The molecule has 66 valence electrons. The van der Waals surface area contributed by atoms with Gasteiger partial charge in [0.15, 0.2) is 0 Å². The van der Waals surface area contributed by atoms with Crippen LogP contribution in [0.2, 0.25) is 0 Å². The van der Waals surface area contributed by atoms with Gasteiger partial charge in [0.25, 0.3) is 0 Å². The van der Waals surface area contributed by atoms with E-state index in [0.717, 1.165) is 6.42 Å². The van der Waals surface area contributed by atoms with Crippen LogP contribution in [0.5, 0.6) is 0 Å². The Hall–Kier alpha value is -0.250. The highest BCUT2D eigenvalue weighted by Crippen LogP contribution is 2.36. The molecule has 0 bridgehead atoms. The summed E-state index contributed by atoms with van der Waals surface area (Å²) in [5.41, 5.74) is 5.35.